The molecule has 2 atom stereocenters. The van der Waals surface area contributed by atoms with E-state index in [1.165, 1.54) is 17.5 Å². The molecule has 0 spiro atoms. The van der Waals surface area contributed by atoms with Crippen LogP contribution in [0.25, 0.3) is 0 Å². The van der Waals surface area contributed by atoms with E-state index >= 15 is 0 Å². The second-order valence-corrected chi connectivity index (χ2v) is 8.06. The molecule has 24 heavy (non-hydrogen) atoms. The van der Waals surface area contributed by atoms with Gasteiger partial charge in [0.1, 0.15) is 0 Å². The molecule has 1 heterocycles. The molecule has 0 saturated heterocycles. The van der Waals surface area contributed by atoms with Gasteiger partial charge >= 0.3 is 0 Å². The molecule has 1 aromatic heterocycles. The Hall–Kier alpha value is -1.75. The van der Waals surface area contributed by atoms with Crippen LogP contribution in [0.3, 0.4) is 0 Å². The minimum Gasteiger partial charge on any atom is -0.322 e. The zero-order valence-corrected chi connectivity index (χ0v) is 15.6. The van der Waals surface area contributed by atoms with Crippen molar-refractivity contribution in [2.45, 2.75) is 50.5 Å². The van der Waals surface area contributed by atoms with E-state index in [0.717, 1.165) is 29.9 Å². The summed E-state index contributed by atoms with van der Waals surface area (Å²) in [7, 11) is 1.90. The Labute approximate surface area is 148 Å². The third-order valence-corrected chi connectivity index (χ3v) is 6.25. The summed E-state index contributed by atoms with van der Waals surface area (Å²) in [4.78, 5) is 12.6. The Kier molecular flexibility index (Phi) is 4.99. The van der Waals surface area contributed by atoms with E-state index in [9.17, 15) is 4.79 Å². The topological polar surface area (TPSA) is 46.9 Å². The van der Waals surface area contributed by atoms with Gasteiger partial charge in [-0.1, -0.05) is 24.3 Å². The highest BCUT2D eigenvalue weighted by Gasteiger charge is 2.26. The fourth-order valence-electron chi connectivity index (χ4n) is 3.34. The summed E-state index contributed by atoms with van der Waals surface area (Å²) in [5.74, 6) is 0.0576. The molecule has 3 rings (SSSR count). The number of rotatable bonds is 4. The van der Waals surface area contributed by atoms with Crippen molar-refractivity contribution in [3.8, 4) is 0 Å². The highest BCUT2D eigenvalue weighted by molar-refractivity contribution is 8.00. The van der Waals surface area contributed by atoms with Crippen molar-refractivity contribution >= 4 is 23.4 Å². The van der Waals surface area contributed by atoms with E-state index in [1.807, 2.05) is 27.8 Å². The monoisotopic (exact) mass is 343 g/mol. The number of benzene rings is 1. The molecule has 1 aromatic carbocycles. The van der Waals surface area contributed by atoms with Crippen molar-refractivity contribution in [1.82, 2.24) is 9.78 Å². The Bertz CT molecular complexity index is 753. The van der Waals surface area contributed by atoms with Crippen molar-refractivity contribution in [3.05, 3.63) is 46.8 Å². The van der Waals surface area contributed by atoms with Crippen LogP contribution < -0.4 is 5.32 Å². The van der Waals surface area contributed by atoms with Gasteiger partial charge in [0.2, 0.25) is 5.91 Å². The van der Waals surface area contributed by atoms with Crippen molar-refractivity contribution in [2.75, 3.05) is 5.32 Å². The summed E-state index contributed by atoms with van der Waals surface area (Å²) in [5.41, 5.74) is 5.54. The molecule has 1 aliphatic carbocycles. The van der Waals surface area contributed by atoms with Crippen LogP contribution in [0.5, 0.6) is 0 Å². The van der Waals surface area contributed by atoms with Crippen molar-refractivity contribution in [1.29, 1.82) is 0 Å². The van der Waals surface area contributed by atoms with Gasteiger partial charge in [-0.2, -0.15) is 5.10 Å². The molecular formula is C19H25N3OS. The standard InChI is InChI=1S/C19H25N3OS/c1-12-18(13(2)22(4)21-12)20-19(23)14(3)24-17-11-7-9-15-8-5-6-10-16(15)17/h5-6,8,10,14,17H,7,9,11H2,1-4H3,(H,20,23)/t14-,17-/m0/s1. The number of nitrogens with zero attached hydrogens (tertiary/aromatic N) is 2. The van der Waals surface area contributed by atoms with Gasteiger partial charge in [0.15, 0.2) is 0 Å². The smallest absolute Gasteiger partial charge is 0.237 e. The zero-order valence-electron chi connectivity index (χ0n) is 14.8. The van der Waals surface area contributed by atoms with Gasteiger partial charge in [0, 0.05) is 12.3 Å². The number of anilines is 1. The highest BCUT2D eigenvalue weighted by Crippen LogP contribution is 2.41. The predicted octanol–water partition coefficient (Wildman–Crippen LogP) is 4.17. The van der Waals surface area contributed by atoms with E-state index < -0.39 is 0 Å². The number of nitrogens with one attached hydrogen (secondary N) is 1. The fourth-order valence-corrected chi connectivity index (χ4v) is 4.69. The largest absolute Gasteiger partial charge is 0.322 e. The van der Waals surface area contributed by atoms with Gasteiger partial charge in [-0.25, -0.2) is 0 Å². The summed E-state index contributed by atoms with van der Waals surface area (Å²) in [6.45, 7) is 5.90. The SMILES string of the molecule is Cc1nn(C)c(C)c1NC(=O)[C@H](C)S[C@H]1CCCc2ccccc21. The average Bonchev–Trinajstić information content (AvgIpc) is 2.81. The quantitative estimate of drug-likeness (QED) is 0.906. The summed E-state index contributed by atoms with van der Waals surface area (Å²) >= 11 is 1.77. The first-order valence-corrected chi connectivity index (χ1v) is 9.46. The molecule has 0 unspecified atom stereocenters. The number of fused-ring (bicyclic) bond motifs is 1. The van der Waals surface area contributed by atoms with Crippen molar-refractivity contribution in [2.24, 2.45) is 7.05 Å². The summed E-state index contributed by atoms with van der Waals surface area (Å²) in [6.07, 6.45) is 3.50. The Balaban J connectivity index is 1.69. The number of hydrogen-bond donors (Lipinski definition) is 1. The third-order valence-electron chi connectivity index (χ3n) is 4.81. The molecule has 0 radical (unpaired) electrons. The number of thioether (sulfide) groups is 1. The van der Waals surface area contributed by atoms with E-state index in [4.69, 9.17) is 0 Å². The van der Waals surface area contributed by atoms with Gasteiger partial charge in [0.05, 0.1) is 22.3 Å². The first-order chi connectivity index (χ1) is 11.5. The Morgan fingerprint density at radius 1 is 1.38 bits per heavy atom. The van der Waals surface area contributed by atoms with Gasteiger partial charge in [-0.05, 0) is 51.2 Å². The zero-order chi connectivity index (χ0) is 17.3. The van der Waals surface area contributed by atoms with Gasteiger partial charge in [-0.3, -0.25) is 9.48 Å². The van der Waals surface area contributed by atoms with E-state index in [0.29, 0.717) is 5.25 Å². The molecule has 0 aliphatic heterocycles. The molecule has 128 valence electrons. The second kappa shape index (κ2) is 7.01. The molecule has 1 N–H and O–H groups in total. The lowest BCUT2D eigenvalue weighted by Crippen LogP contribution is -2.24. The summed E-state index contributed by atoms with van der Waals surface area (Å²) < 4.78 is 1.81. The number of aromatic nitrogens is 2. The van der Waals surface area contributed by atoms with Crippen LogP contribution in [-0.4, -0.2) is 20.9 Å². The molecule has 0 saturated carbocycles. The second-order valence-electron chi connectivity index (χ2n) is 6.52. The van der Waals surface area contributed by atoms with E-state index in [2.05, 4.69) is 34.7 Å². The summed E-state index contributed by atoms with van der Waals surface area (Å²) in [5, 5.41) is 7.75. The lowest BCUT2D eigenvalue weighted by atomic mass is 9.91. The minimum atomic E-state index is -0.0971. The first kappa shape index (κ1) is 17.1. The number of carbonyl (C=O) groups excluding carboxylic acids is 1. The number of aryl methyl sites for hydroxylation is 3. The van der Waals surface area contributed by atoms with Crippen LogP contribution in [0.15, 0.2) is 24.3 Å². The molecule has 2 aromatic rings. The van der Waals surface area contributed by atoms with Gasteiger partial charge < -0.3 is 5.32 Å². The number of carbonyl (C=O) groups is 1. The fraction of sp³-hybridized carbons (Fsp3) is 0.474. The first-order valence-electron chi connectivity index (χ1n) is 8.51. The molecule has 1 amide bonds. The van der Waals surface area contributed by atoms with Crippen LogP contribution in [0, 0.1) is 13.8 Å². The Morgan fingerprint density at radius 3 is 2.83 bits per heavy atom. The van der Waals surface area contributed by atoms with Crippen LogP contribution in [-0.2, 0) is 18.3 Å². The lowest BCUT2D eigenvalue weighted by Gasteiger charge is -2.27. The molecule has 1 aliphatic rings. The van der Waals surface area contributed by atoms with Crippen LogP contribution in [0.1, 0.15) is 47.5 Å². The highest BCUT2D eigenvalue weighted by atomic mass is 32.2. The number of hydrogen-bond acceptors (Lipinski definition) is 3. The van der Waals surface area contributed by atoms with Gasteiger partial charge in [0.25, 0.3) is 0 Å². The van der Waals surface area contributed by atoms with Crippen LogP contribution in [0.4, 0.5) is 5.69 Å². The van der Waals surface area contributed by atoms with E-state index in [1.54, 1.807) is 16.4 Å². The minimum absolute atomic E-state index is 0.0576. The van der Waals surface area contributed by atoms with Crippen molar-refractivity contribution in [3.63, 3.8) is 0 Å². The maximum atomic E-state index is 12.6. The summed E-state index contributed by atoms with van der Waals surface area (Å²) in [6, 6.07) is 8.64. The molecule has 0 bridgehead atoms. The molecule has 4 nitrogen and oxygen atoms in total. The third kappa shape index (κ3) is 3.36. The Morgan fingerprint density at radius 2 is 2.12 bits per heavy atom. The average molecular weight is 343 g/mol. The molecule has 5 heteroatoms. The molecular weight excluding hydrogens is 318 g/mol. The van der Waals surface area contributed by atoms with Crippen molar-refractivity contribution < 1.29 is 4.79 Å². The maximum Gasteiger partial charge on any atom is 0.237 e. The maximum absolute atomic E-state index is 12.6. The van der Waals surface area contributed by atoms with Gasteiger partial charge in [-0.15, -0.1) is 11.8 Å². The number of amides is 1. The molecule has 0 fully saturated rings. The van der Waals surface area contributed by atoms with E-state index in [-0.39, 0.29) is 11.2 Å². The lowest BCUT2D eigenvalue weighted by molar-refractivity contribution is -0.115. The predicted molar refractivity (Wildman–Crippen MR) is 100 cm³/mol. The van der Waals surface area contributed by atoms with Crippen LogP contribution >= 0.6 is 11.8 Å². The van der Waals surface area contributed by atoms with Crippen LogP contribution in [0.2, 0.25) is 0 Å². The normalized spacial score (nSPS) is 18.1.